The monoisotopic (exact) mass is 237 g/mol. The number of hydrogen-bond acceptors (Lipinski definition) is 3. The van der Waals surface area contributed by atoms with Gasteiger partial charge in [0.1, 0.15) is 5.75 Å². The second-order valence-electron chi connectivity index (χ2n) is 4.79. The van der Waals surface area contributed by atoms with E-state index in [1.807, 2.05) is 12.1 Å². The highest BCUT2D eigenvalue weighted by Gasteiger charge is 2.16. The van der Waals surface area contributed by atoms with E-state index in [2.05, 4.69) is 26.1 Å². The van der Waals surface area contributed by atoms with Crippen molar-refractivity contribution in [2.45, 2.75) is 32.9 Å². The Hall–Kier alpha value is -1.06. The fraction of sp³-hybridized carbons (Fsp3) is 0.571. The molecule has 0 spiro atoms. The second kappa shape index (κ2) is 6.62. The van der Waals surface area contributed by atoms with E-state index in [0.29, 0.717) is 24.3 Å². The van der Waals surface area contributed by atoms with Gasteiger partial charge in [0.25, 0.3) is 0 Å². The Morgan fingerprint density at radius 1 is 1.18 bits per heavy atom. The highest BCUT2D eigenvalue weighted by Crippen LogP contribution is 2.18. The van der Waals surface area contributed by atoms with Gasteiger partial charge in [-0.15, -0.1) is 0 Å². The predicted octanol–water partition coefficient (Wildman–Crippen LogP) is 2.71. The number of phenols is 1. The van der Waals surface area contributed by atoms with E-state index >= 15 is 0 Å². The minimum Gasteiger partial charge on any atom is -0.508 e. The van der Waals surface area contributed by atoms with Crippen molar-refractivity contribution in [3.8, 4) is 5.75 Å². The standard InChI is InChI=1S/C14H23NO2/c1-10(2)14(9-17-4)15-11(3)12-5-7-13(16)8-6-12/h5-8,10-11,14-16H,9H2,1-4H3. The molecule has 17 heavy (non-hydrogen) atoms. The zero-order chi connectivity index (χ0) is 12.8. The molecule has 3 nitrogen and oxygen atoms in total. The summed E-state index contributed by atoms with van der Waals surface area (Å²) in [6, 6.07) is 7.90. The van der Waals surface area contributed by atoms with Gasteiger partial charge in [-0.3, -0.25) is 0 Å². The molecule has 2 N–H and O–H groups in total. The third-order valence-electron chi connectivity index (χ3n) is 3.01. The summed E-state index contributed by atoms with van der Waals surface area (Å²) in [5.41, 5.74) is 1.17. The van der Waals surface area contributed by atoms with Crippen LogP contribution in [0.2, 0.25) is 0 Å². The van der Waals surface area contributed by atoms with Crippen molar-refractivity contribution in [2.75, 3.05) is 13.7 Å². The molecular weight excluding hydrogens is 214 g/mol. The molecule has 1 aromatic carbocycles. The minimum absolute atomic E-state index is 0.248. The molecule has 0 fully saturated rings. The molecule has 0 amide bonds. The van der Waals surface area contributed by atoms with Crippen molar-refractivity contribution >= 4 is 0 Å². The van der Waals surface area contributed by atoms with Crippen molar-refractivity contribution in [1.82, 2.24) is 5.32 Å². The summed E-state index contributed by atoms with van der Waals surface area (Å²) in [6.07, 6.45) is 0. The van der Waals surface area contributed by atoms with Gasteiger partial charge >= 0.3 is 0 Å². The number of methoxy groups -OCH3 is 1. The lowest BCUT2D eigenvalue weighted by molar-refractivity contribution is 0.141. The Kier molecular flexibility index (Phi) is 5.45. The van der Waals surface area contributed by atoms with Crippen LogP contribution in [0.1, 0.15) is 32.4 Å². The van der Waals surface area contributed by atoms with Gasteiger partial charge in [-0.25, -0.2) is 0 Å². The number of hydrogen-bond donors (Lipinski definition) is 2. The minimum atomic E-state index is 0.248. The summed E-state index contributed by atoms with van der Waals surface area (Å²) in [4.78, 5) is 0. The first-order chi connectivity index (χ1) is 8.04. The average molecular weight is 237 g/mol. The lowest BCUT2D eigenvalue weighted by Crippen LogP contribution is -2.39. The molecule has 0 radical (unpaired) electrons. The van der Waals surface area contributed by atoms with Crippen LogP contribution in [-0.4, -0.2) is 24.9 Å². The van der Waals surface area contributed by atoms with E-state index in [1.54, 1.807) is 19.2 Å². The van der Waals surface area contributed by atoms with E-state index < -0.39 is 0 Å². The fourth-order valence-electron chi connectivity index (χ4n) is 1.79. The average Bonchev–Trinajstić information content (AvgIpc) is 2.29. The molecule has 0 aliphatic carbocycles. The molecular formula is C14H23NO2. The Labute approximate surface area is 104 Å². The Morgan fingerprint density at radius 3 is 2.24 bits per heavy atom. The zero-order valence-electron chi connectivity index (χ0n) is 11.1. The van der Waals surface area contributed by atoms with Crippen LogP contribution < -0.4 is 5.32 Å². The topological polar surface area (TPSA) is 41.5 Å². The molecule has 2 atom stereocenters. The van der Waals surface area contributed by atoms with Crippen LogP contribution >= 0.6 is 0 Å². The molecule has 1 aromatic rings. The molecule has 0 bridgehead atoms. The maximum Gasteiger partial charge on any atom is 0.115 e. The summed E-state index contributed by atoms with van der Waals surface area (Å²) < 4.78 is 5.22. The zero-order valence-corrected chi connectivity index (χ0v) is 11.1. The van der Waals surface area contributed by atoms with Gasteiger partial charge in [0.15, 0.2) is 0 Å². The van der Waals surface area contributed by atoms with Gasteiger partial charge in [0, 0.05) is 19.2 Å². The Bertz CT molecular complexity index is 321. The van der Waals surface area contributed by atoms with E-state index in [9.17, 15) is 5.11 Å². The van der Waals surface area contributed by atoms with Crippen LogP contribution in [0.3, 0.4) is 0 Å². The molecule has 96 valence electrons. The Morgan fingerprint density at radius 2 is 1.76 bits per heavy atom. The molecule has 0 saturated heterocycles. The molecule has 0 aromatic heterocycles. The van der Waals surface area contributed by atoms with Gasteiger partial charge in [-0.2, -0.15) is 0 Å². The highest BCUT2D eigenvalue weighted by atomic mass is 16.5. The first-order valence-electron chi connectivity index (χ1n) is 6.08. The molecule has 0 heterocycles. The van der Waals surface area contributed by atoms with Crippen LogP contribution in [0.15, 0.2) is 24.3 Å². The first kappa shape index (κ1) is 14.0. The van der Waals surface area contributed by atoms with E-state index in [0.717, 1.165) is 0 Å². The number of rotatable bonds is 6. The van der Waals surface area contributed by atoms with Gasteiger partial charge < -0.3 is 15.2 Å². The van der Waals surface area contributed by atoms with E-state index in [-0.39, 0.29) is 6.04 Å². The van der Waals surface area contributed by atoms with Crippen LogP contribution in [-0.2, 0) is 4.74 Å². The van der Waals surface area contributed by atoms with E-state index in [1.165, 1.54) is 5.56 Å². The van der Waals surface area contributed by atoms with Crippen LogP contribution in [0.4, 0.5) is 0 Å². The number of ether oxygens (including phenoxy) is 1. The van der Waals surface area contributed by atoms with Crippen molar-refractivity contribution < 1.29 is 9.84 Å². The SMILES string of the molecule is COCC(NC(C)c1ccc(O)cc1)C(C)C. The molecule has 2 unspecified atom stereocenters. The summed E-state index contributed by atoms with van der Waals surface area (Å²) in [5, 5.41) is 12.8. The summed E-state index contributed by atoms with van der Waals surface area (Å²) >= 11 is 0. The summed E-state index contributed by atoms with van der Waals surface area (Å²) in [5.74, 6) is 0.827. The van der Waals surface area contributed by atoms with Gasteiger partial charge in [0.05, 0.1) is 6.61 Å². The molecule has 0 aliphatic rings. The maximum absolute atomic E-state index is 9.25. The van der Waals surface area contributed by atoms with Gasteiger partial charge in [-0.05, 0) is 30.5 Å². The summed E-state index contributed by atoms with van der Waals surface area (Å²) in [6.45, 7) is 7.19. The lowest BCUT2D eigenvalue weighted by atomic mass is 10.0. The normalized spacial score (nSPS) is 14.9. The number of aromatic hydroxyl groups is 1. The second-order valence-corrected chi connectivity index (χ2v) is 4.79. The molecule has 1 rings (SSSR count). The lowest BCUT2D eigenvalue weighted by Gasteiger charge is -2.26. The quantitative estimate of drug-likeness (QED) is 0.799. The molecule has 0 aliphatic heterocycles. The maximum atomic E-state index is 9.25. The number of nitrogens with one attached hydrogen (secondary N) is 1. The smallest absolute Gasteiger partial charge is 0.115 e. The van der Waals surface area contributed by atoms with Crippen molar-refractivity contribution in [2.24, 2.45) is 5.92 Å². The summed E-state index contributed by atoms with van der Waals surface area (Å²) in [7, 11) is 1.72. The first-order valence-corrected chi connectivity index (χ1v) is 6.08. The van der Waals surface area contributed by atoms with Gasteiger partial charge in [0.2, 0.25) is 0 Å². The van der Waals surface area contributed by atoms with E-state index in [4.69, 9.17) is 4.74 Å². The molecule has 0 saturated carbocycles. The predicted molar refractivity (Wildman–Crippen MR) is 70.2 cm³/mol. The third kappa shape index (κ3) is 4.36. The third-order valence-corrected chi connectivity index (χ3v) is 3.01. The van der Waals surface area contributed by atoms with Crippen LogP contribution in [0.5, 0.6) is 5.75 Å². The largest absolute Gasteiger partial charge is 0.508 e. The van der Waals surface area contributed by atoms with Crippen LogP contribution in [0, 0.1) is 5.92 Å². The van der Waals surface area contributed by atoms with Crippen molar-refractivity contribution in [3.63, 3.8) is 0 Å². The Balaban J connectivity index is 2.63. The number of benzene rings is 1. The van der Waals surface area contributed by atoms with Gasteiger partial charge in [-0.1, -0.05) is 26.0 Å². The van der Waals surface area contributed by atoms with Crippen molar-refractivity contribution in [3.05, 3.63) is 29.8 Å². The highest BCUT2D eigenvalue weighted by molar-refractivity contribution is 5.27. The van der Waals surface area contributed by atoms with Crippen molar-refractivity contribution in [1.29, 1.82) is 0 Å². The molecule has 3 heteroatoms. The fourth-order valence-corrected chi connectivity index (χ4v) is 1.79. The number of phenolic OH excluding ortho intramolecular Hbond substituents is 1. The van der Waals surface area contributed by atoms with Crippen LogP contribution in [0.25, 0.3) is 0 Å².